The summed E-state index contributed by atoms with van der Waals surface area (Å²) in [5, 5.41) is 4.43. The highest BCUT2D eigenvalue weighted by Crippen LogP contribution is 2.28. The molecule has 1 N–H and O–H groups in total. The van der Waals surface area contributed by atoms with Crippen molar-refractivity contribution in [1.29, 1.82) is 0 Å². The van der Waals surface area contributed by atoms with Gasteiger partial charge in [-0.2, -0.15) is 11.8 Å². The Morgan fingerprint density at radius 3 is 2.76 bits per heavy atom. The molecule has 0 spiro atoms. The topological polar surface area (TPSA) is 34.1 Å². The molecular weight excluding hydrogens is 232 g/mol. The summed E-state index contributed by atoms with van der Waals surface area (Å²) in [7, 11) is 1.65. The van der Waals surface area contributed by atoms with Crippen LogP contribution < -0.4 is 10.1 Å². The maximum atomic E-state index is 5.12. The predicted octanol–water partition coefficient (Wildman–Crippen LogP) is 3.18. The third-order valence-electron chi connectivity index (χ3n) is 3.32. The molecule has 0 aromatic carbocycles. The molecule has 1 aliphatic carbocycles. The molecule has 1 heterocycles. The van der Waals surface area contributed by atoms with Crippen LogP contribution in [0.5, 0.6) is 5.88 Å². The fourth-order valence-electron chi connectivity index (χ4n) is 2.29. The van der Waals surface area contributed by atoms with Crippen LogP contribution in [-0.2, 0) is 0 Å². The van der Waals surface area contributed by atoms with Crippen molar-refractivity contribution in [2.45, 2.75) is 37.0 Å². The maximum absolute atomic E-state index is 5.12. The van der Waals surface area contributed by atoms with Crippen LogP contribution in [0.4, 0.5) is 5.69 Å². The lowest BCUT2D eigenvalue weighted by Gasteiger charge is -2.28. The summed E-state index contributed by atoms with van der Waals surface area (Å²) in [6, 6.07) is 4.56. The van der Waals surface area contributed by atoms with Crippen molar-refractivity contribution >= 4 is 17.4 Å². The monoisotopic (exact) mass is 252 g/mol. The minimum atomic E-state index is 0.602. The van der Waals surface area contributed by atoms with Gasteiger partial charge in [0, 0.05) is 29.2 Å². The van der Waals surface area contributed by atoms with Crippen molar-refractivity contribution in [2.24, 2.45) is 0 Å². The molecule has 1 aromatic heterocycles. The highest BCUT2D eigenvalue weighted by atomic mass is 32.2. The van der Waals surface area contributed by atoms with E-state index in [1.165, 1.54) is 25.7 Å². The van der Waals surface area contributed by atoms with Gasteiger partial charge in [0.1, 0.15) is 0 Å². The fraction of sp³-hybridized carbons (Fsp3) is 0.615. The normalized spacial score (nSPS) is 24.4. The van der Waals surface area contributed by atoms with E-state index in [0.29, 0.717) is 11.9 Å². The smallest absolute Gasteiger partial charge is 0.214 e. The predicted molar refractivity (Wildman–Crippen MR) is 74.0 cm³/mol. The van der Waals surface area contributed by atoms with Gasteiger partial charge in [0.05, 0.1) is 7.11 Å². The lowest BCUT2D eigenvalue weighted by atomic mass is 9.95. The molecule has 0 aliphatic heterocycles. The molecule has 0 saturated heterocycles. The SMILES string of the molecule is COc1cc(NC2CCC(SC)CC2)ccn1. The van der Waals surface area contributed by atoms with E-state index in [-0.39, 0.29) is 0 Å². The zero-order valence-electron chi connectivity index (χ0n) is 10.5. The van der Waals surface area contributed by atoms with Gasteiger partial charge in [0.15, 0.2) is 0 Å². The number of nitrogens with one attached hydrogen (secondary N) is 1. The molecule has 4 heteroatoms. The minimum absolute atomic E-state index is 0.602. The number of anilines is 1. The van der Waals surface area contributed by atoms with Crippen molar-refractivity contribution in [3.05, 3.63) is 18.3 Å². The molecule has 3 nitrogen and oxygen atoms in total. The molecule has 1 aliphatic rings. The van der Waals surface area contributed by atoms with E-state index in [9.17, 15) is 0 Å². The molecule has 0 bridgehead atoms. The standard InChI is InChI=1S/C13H20N2OS/c1-16-13-9-11(7-8-14-13)15-10-3-5-12(17-2)6-4-10/h7-10,12H,3-6H2,1-2H3,(H,14,15). The number of rotatable bonds is 4. The first-order valence-electron chi connectivity index (χ1n) is 6.11. The van der Waals surface area contributed by atoms with Crippen LogP contribution in [0.2, 0.25) is 0 Å². The number of aromatic nitrogens is 1. The third kappa shape index (κ3) is 3.53. The molecule has 0 unspecified atom stereocenters. The molecule has 1 fully saturated rings. The van der Waals surface area contributed by atoms with E-state index in [1.807, 2.05) is 23.9 Å². The van der Waals surface area contributed by atoms with Gasteiger partial charge in [-0.25, -0.2) is 4.98 Å². The Morgan fingerprint density at radius 1 is 1.35 bits per heavy atom. The van der Waals surface area contributed by atoms with Crippen LogP contribution >= 0.6 is 11.8 Å². The van der Waals surface area contributed by atoms with Gasteiger partial charge in [-0.15, -0.1) is 0 Å². The Balaban J connectivity index is 1.88. The summed E-state index contributed by atoms with van der Waals surface area (Å²) >= 11 is 2.00. The van der Waals surface area contributed by atoms with Crippen molar-refractivity contribution in [3.63, 3.8) is 0 Å². The number of methoxy groups -OCH3 is 1. The van der Waals surface area contributed by atoms with Crippen LogP contribution in [0.15, 0.2) is 18.3 Å². The third-order valence-corrected chi connectivity index (χ3v) is 4.46. The van der Waals surface area contributed by atoms with E-state index >= 15 is 0 Å². The molecular formula is C13H20N2OS. The quantitative estimate of drug-likeness (QED) is 0.892. The average Bonchev–Trinajstić information content (AvgIpc) is 2.40. The number of pyridine rings is 1. The number of thioether (sulfide) groups is 1. The molecule has 0 amide bonds. The van der Waals surface area contributed by atoms with E-state index in [0.717, 1.165) is 10.9 Å². The summed E-state index contributed by atoms with van der Waals surface area (Å²) in [5.74, 6) is 0.674. The maximum Gasteiger partial charge on any atom is 0.214 e. The van der Waals surface area contributed by atoms with Gasteiger partial charge in [-0.05, 0) is 38.0 Å². The molecule has 1 aromatic rings. The first-order valence-corrected chi connectivity index (χ1v) is 7.40. The lowest BCUT2D eigenvalue weighted by Crippen LogP contribution is -2.27. The summed E-state index contributed by atoms with van der Waals surface area (Å²) in [4.78, 5) is 4.11. The van der Waals surface area contributed by atoms with Crippen molar-refractivity contribution in [3.8, 4) is 5.88 Å². The van der Waals surface area contributed by atoms with E-state index in [2.05, 4.69) is 16.6 Å². The summed E-state index contributed by atoms with van der Waals surface area (Å²) in [6.07, 6.45) is 9.16. The molecule has 0 atom stereocenters. The molecule has 2 rings (SSSR count). The average molecular weight is 252 g/mol. The summed E-state index contributed by atoms with van der Waals surface area (Å²) in [5.41, 5.74) is 1.12. The second-order valence-corrected chi connectivity index (χ2v) is 5.58. The van der Waals surface area contributed by atoms with Gasteiger partial charge in [-0.3, -0.25) is 0 Å². The Hall–Kier alpha value is -0.900. The second kappa shape index (κ2) is 6.15. The lowest BCUT2D eigenvalue weighted by molar-refractivity contribution is 0.398. The Kier molecular flexibility index (Phi) is 4.54. The van der Waals surface area contributed by atoms with Crippen LogP contribution in [-0.4, -0.2) is 29.6 Å². The largest absolute Gasteiger partial charge is 0.481 e. The van der Waals surface area contributed by atoms with Crippen LogP contribution in [0.25, 0.3) is 0 Å². The summed E-state index contributed by atoms with van der Waals surface area (Å²) < 4.78 is 5.12. The van der Waals surface area contributed by atoms with Gasteiger partial charge < -0.3 is 10.1 Å². The van der Waals surface area contributed by atoms with Gasteiger partial charge in [-0.1, -0.05) is 0 Å². The molecule has 17 heavy (non-hydrogen) atoms. The Bertz CT molecular complexity index is 351. The number of nitrogens with zero attached hydrogens (tertiary/aromatic N) is 1. The highest BCUT2D eigenvalue weighted by Gasteiger charge is 2.20. The first-order chi connectivity index (χ1) is 8.31. The van der Waals surface area contributed by atoms with Crippen LogP contribution in [0.3, 0.4) is 0 Å². The Morgan fingerprint density at radius 2 is 2.12 bits per heavy atom. The zero-order valence-corrected chi connectivity index (χ0v) is 11.3. The molecule has 94 valence electrons. The van der Waals surface area contributed by atoms with E-state index in [4.69, 9.17) is 4.74 Å². The Labute approximate surface area is 107 Å². The summed E-state index contributed by atoms with van der Waals surface area (Å²) in [6.45, 7) is 0. The van der Waals surface area contributed by atoms with Crippen molar-refractivity contribution in [2.75, 3.05) is 18.7 Å². The zero-order chi connectivity index (χ0) is 12.1. The molecule has 1 saturated carbocycles. The molecule has 0 radical (unpaired) electrons. The van der Waals surface area contributed by atoms with Crippen molar-refractivity contribution < 1.29 is 4.74 Å². The van der Waals surface area contributed by atoms with Gasteiger partial charge in [0.2, 0.25) is 5.88 Å². The van der Waals surface area contributed by atoms with E-state index < -0.39 is 0 Å². The van der Waals surface area contributed by atoms with E-state index in [1.54, 1.807) is 13.3 Å². The highest BCUT2D eigenvalue weighted by molar-refractivity contribution is 7.99. The first kappa shape index (κ1) is 12.6. The second-order valence-electron chi connectivity index (χ2n) is 4.44. The fourth-order valence-corrected chi connectivity index (χ4v) is 3.03. The number of hydrogen-bond acceptors (Lipinski definition) is 4. The number of ether oxygens (including phenoxy) is 1. The van der Waals surface area contributed by atoms with Gasteiger partial charge in [0.25, 0.3) is 0 Å². The van der Waals surface area contributed by atoms with Crippen LogP contribution in [0, 0.1) is 0 Å². The van der Waals surface area contributed by atoms with Gasteiger partial charge >= 0.3 is 0 Å². The van der Waals surface area contributed by atoms with Crippen molar-refractivity contribution in [1.82, 2.24) is 4.98 Å². The van der Waals surface area contributed by atoms with Crippen LogP contribution in [0.1, 0.15) is 25.7 Å². The number of hydrogen-bond donors (Lipinski definition) is 1. The minimum Gasteiger partial charge on any atom is -0.481 e.